The van der Waals surface area contributed by atoms with E-state index in [0.717, 1.165) is 5.01 Å². The summed E-state index contributed by atoms with van der Waals surface area (Å²) >= 11 is 1.59. The summed E-state index contributed by atoms with van der Waals surface area (Å²) < 4.78 is 0. The first kappa shape index (κ1) is 12.5. The minimum atomic E-state index is -0.196. The third-order valence-corrected chi connectivity index (χ3v) is 3.47. The molecule has 0 saturated heterocycles. The molecule has 6 heteroatoms. The number of nitrogens with zero attached hydrogens (tertiary/aromatic N) is 2. The molecule has 0 saturated carbocycles. The number of aromatic nitrogens is 2. The molecule has 0 fully saturated rings. The van der Waals surface area contributed by atoms with Crippen LogP contribution in [0.25, 0.3) is 0 Å². The van der Waals surface area contributed by atoms with Gasteiger partial charge in [0.15, 0.2) is 0 Å². The number of anilines is 1. The fourth-order valence-electron chi connectivity index (χ4n) is 1.44. The molecule has 18 heavy (non-hydrogen) atoms. The van der Waals surface area contributed by atoms with Gasteiger partial charge in [0.2, 0.25) is 0 Å². The molecule has 2 aromatic heterocycles. The van der Waals surface area contributed by atoms with Gasteiger partial charge < -0.3 is 11.1 Å². The van der Waals surface area contributed by atoms with Crippen LogP contribution in [0.5, 0.6) is 0 Å². The zero-order valence-electron chi connectivity index (χ0n) is 9.96. The molecule has 0 bridgehead atoms. The molecule has 0 radical (unpaired) electrons. The molecule has 0 aliphatic carbocycles. The van der Waals surface area contributed by atoms with Crippen LogP contribution in [-0.2, 0) is 0 Å². The minimum Gasteiger partial charge on any atom is -0.397 e. The number of carbonyl (C=O) groups excluding carboxylic acids is 1. The molecule has 5 nitrogen and oxygen atoms in total. The lowest BCUT2D eigenvalue weighted by atomic mass is 10.2. The number of hydrogen-bond acceptors (Lipinski definition) is 5. The monoisotopic (exact) mass is 262 g/mol. The number of nitrogen functional groups attached to an aromatic ring is 1. The van der Waals surface area contributed by atoms with E-state index in [-0.39, 0.29) is 11.8 Å². The van der Waals surface area contributed by atoms with E-state index in [1.54, 1.807) is 29.7 Å². The van der Waals surface area contributed by atoms with Crippen molar-refractivity contribution in [2.75, 3.05) is 12.3 Å². The number of thiazole rings is 1. The number of carbonyl (C=O) groups is 1. The maximum Gasteiger partial charge on any atom is 0.269 e. The van der Waals surface area contributed by atoms with Crippen LogP contribution >= 0.6 is 11.3 Å². The first-order chi connectivity index (χ1) is 8.66. The molecule has 2 heterocycles. The van der Waals surface area contributed by atoms with Crippen molar-refractivity contribution in [3.63, 3.8) is 0 Å². The van der Waals surface area contributed by atoms with Gasteiger partial charge in [-0.15, -0.1) is 11.3 Å². The Labute approximate surface area is 109 Å². The summed E-state index contributed by atoms with van der Waals surface area (Å²) in [5.74, 6) is 0.00105. The van der Waals surface area contributed by atoms with Gasteiger partial charge in [-0.3, -0.25) is 4.79 Å². The zero-order valence-corrected chi connectivity index (χ0v) is 10.8. The summed E-state index contributed by atoms with van der Waals surface area (Å²) in [6.07, 6.45) is 3.24. The second kappa shape index (κ2) is 5.59. The van der Waals surface area contributed by atoms with E-state index in [2.05, 4.69) is 15.3 Å². The van der Waals surface area contributed by atoms with Crippen LogP contribution < -0.4 is 11.1 Å². The molecule has 3 N–H and O–H groups in total. The number of nitrogens with two attached hydrogens (primary N) is 1. The molecule has 1 atom stereocenters. The molecule has 94 valence electrons. The van der Waals surface area contributed by atoms with Crippen LogP contribution in [0.3, 0.4) is 0 Å². The third kappa shape index (κ3) is 3.04. The SMILES string of the molecule is CC(CNC(=O)c1ccc(N)cn1)c1nccs1. The van der Waals surface area contributed by atoms with E-state index in [9.17, 15) is 4.79 Å². The van der Waals surface area contributed by atoms with Gasteiger partial charge in [-0.2, -0.15) is 0 Å². The van der Waals surface area contributed by atoms with Crippen LogP contribution in [0.1, 0.15) is 28.3 Å². The Morgan fingerprint density at radius 1 is 1.50 bits per heavy atom. The first-order valence-corrected chi connectivity index (χ1v) is 6.44. The van der Waals surface area contributed by atoms with Gasteiger partial charge in [0.25, 0.3) is 5.91 Å². The smallest absolute Gasteiger partial charge is 0.269 e. The van der Waals surface area contributed by atoms with E-state index in [1.165, 1.54) is 6.20 Å². The lowest BCUT2D eigenvalue weighted by molar-refractivity contribution is 0.0946. The van der Waals surface area contributed by atoms with Crippen molar-refractivity contribution in [1.29, 1.82) is 0 Å². The molecule has 1 unspecified atom stereocenters. The van der Waals surface area contributed by atoms with Crippen molar-refractivity contribution in [2.24, 2.45) is 0 Å². The average molecular weight is 262 g/mol. The fourth-order valence-corrected chi connectivity index (χ4v) is 2.14. The van der Waals surface area contributed by atoms with Gasteiger partial charge in [-0.25, -0.2) is 9.97 Å². The molecule has 0 aliphatic heterocycles. The molecular formula is C12H14N4OS. The Kier molecular flexibility index (Phi) is 3.88. The van der Waals surface area contributed by atoms with Crippen molar-refractivity contribution in [2.45, 2.75) is 12.8 Å². The lowest BCUT2D eigenvalue weighted by Crippen LogP contribution is -2.28. The van der Waals surface area contributed by atoms with E-state index < -0.39 is 0 Å². The molecule has 0 aliphatic rings. The highest BCUT2D eigenvalue weighted by Crippen LogP contribution is 2.16. The summed E-state index contributed by atoms with van der Waals surface area (Å²) in [5.41, 5.74) is 6.43. The Morgan fingerprint density at radius 3 is 2.94 bits per heavy atom. The number of nitrogens with one attached hydrogen (secondary N) is 1. The molecule has 0 aromatic carbocycles. The molecule has 0 spiro atoms. The Balaban J connectivity index is 1.90. The largest absolute Gasteiger partial charge is 0.397 e. The van der Waals surface area contributed by atoms with Gasteiger partial charge in [0.05, 0.1) is 16.9 Å². The normalized spacial score (nSPS) is 12.1. The van der Waals surface area contributed by atoms with Crippen molar-refractivity contribution in [1.82, 2.24) is 15.3 Å². The van der Waals surface area contributed by atoms with Crippen LogP contribution in [0.4, 0.5) is 5.69 Å². The Hall–Kier alpha value is -1.95. The summed E-state index contributed by atoms with van der Waals surface area (Å²) in [5, 5.41) is 5.77. The highest BCUT2D eigenvalue weighted by Gasteiger charge is 2.11. The van der Waals surface area contributed by atoms with Crippen LogP contribution in [0.15, 0.2) is 29.9 Å². The van der Waals surface area contributed by atoms with Crippen LogP contribution in [0, 0.1) is 0 Å². The molecule has 2 rings (SSSR count). The quantitative estimate of drug-likeness (QED) is 0.878. The Morgan fingerprint density at radius 2 is 2.33 bits per heavy atom. The summed E-state index contributed by atoms with van der Waals surface area (Å²) in [7, 11) is 0. The van der Waals surface area contributed by atoms with Gasteiger partial charge in [-0.05, 0) is 12.1 Å². The average Bonchev–Trinajstić information content (AvgIpc) is 2.90. The first-order valence-electron chi connectivity index (χ1n) is 5.56. The van der Waals surface area contributed by atoms with Crippen molar-refractivity contribution < 1.29 is 4.79 Å². The van der Waals surface area contributed by atoms with Gasteiger partial charge in [-0.1, -0.05) is 6.92 Å². The summed E-state index contributed by atoms with van der Waals surface area (Å²) in [6, 6.07) is 3.27. The molecule has 2 aromatic rings. The predicted octanol–water partition coefficient (Wildman–Crippen LogP) is 1.65. The van der Waals surface area contributed by atoms with Crippen molar-refractivity contribution >= 4 is 22.9 Å². The number of amides is 1. The maximum absolute atomic E-state index is 11.8. The number of pyridine rings is 1. The van der Waals surface area contributed by atoms with Crippen molar-refractivity contribution in [3.8, 4) is 0 Å². The second-order valence-corrected chi connectivity index (χ2v) is 4.88. The topological polar surface area (TPSA) is 80.9 Å². The summed E-state index contributed by atoms with van der Waals surface area (Å²) in [4.78, 5) is 20.0. The van der Waals surface area contributed by atoms with Crippen LogP contribution in [0.2, 0.25) is 0 Å². The van der Waals surface area contributed by atoms with Gasteiger partial charge in [0, 0.05) is 24.0 Å². The van der Waals surface area contributed by atoms with Crippen LogP contribution in [-0.4, -0.2) is 22.4 Å². The molecular weight excluding hydrogens is 248 g/mol. The summed E-state index contributed by atoms with van der Waals surface area (Å²) in [6.45, 7) is 2.56. The Bertz CT molecular complexity index is 509. The zero-order chi connectivity index (χ0) is 13.0. The van der Waals surface area contributed by atoms with Gasteiger partial charge in [0.1, 0.15) is 5.69 Å². The lowest BCUT2D eigenvalue weighted by Gasteiger charge is -2.09. The van der Waals surface area contributed by atoms with Crippen molar-refractivity contribution in [3.05, 3.63) is 40.6 Å². The fraction of sp³-hybridized carbons (Fsp3) is 0.250. The third-order valence-electron chi connectivity index (χ3n) is 2.46. The number of hydrogen-bond donors (Lipinski definition) is 2. The highest BCUT2D eigenvalue weighted by atomic mass is 32.1. The van der Waals surface area contributed by atoms with E-state index in [0.29, 0.717) is 17.9 Å². The molecule has 1 amide bonds. The van der Waals surface area contributed by atoms with E-state index in [4.69, 9.17) is 5.73 Å². The highest BCUT2D eigenvalue weighted by molar-refractivity contribution is 7.09. The maximum atomic E-state index is 11.8. The second-order valence-electron chi connectivity index (χ2n) is 3.96. The predicted molar refractivity (Wildman–Crippen MR) is 71.5 cm³/mol. The standard InChI is InChI=1S/C12H14N4OS/c1-8(12-14-4-5-18-12)6-16-11(17)10-3-2-9(13)7-15-10/h2-5,7-8H,6,13H2,1H3,(H,16,17). The minimum absolute atomic E-state index is 0.196. The van der Waals surface area contributed by atoms with E-state index in [1.807, 2.05) is 12.3 Å². The van der Waals surface area contributed by atoms with Gasteiger partial charge >= 0.3 is 0 Å². The van der Waals surface area contributed by atoms with E-state index >= 15 is 0 Å². The number of rotatable bonds is 4.